The molecule has 18 heavy (non-hydrogen) atoms. The molecular formula is C15H16N2O. The first-order valence-electron chi connectivity index (χ1n) is 5.89. The maximum Gasteiger partial charge on any atom is 0.178 e. The summed E-state index contributed by atoms with van der Waals surface area (Å²) in [7, 11) is 2.01. The van der Waals surface area contributed by atoms with E-state index >= 15 is 0 Å². The van der Waals surface area contributed by atoms with E-state index in [0.29, 0.717) is 5.69 Å². The molecular weight excluding hydrogens is 224 g/mol. The molecule has 0 aliphatic heterocycles. The lowest BCUT2D eigenvalue weighted by molar-refractivity contribution is 0.101. The Labute approximate surface area is 107 Å². The number of ketones is 1. The Morgan fingerprint density at radius 1 is 1.17 bits per heavy atom. The Hall–Kier alpha value is -2.16. The van der Waals surface area contributed by atoms with E-state index in [1.54, 1.807) is 12.3 Å². The van der Waals surface area contributed by atoms with E-state index in [1.807, 2.05) is 31.3 Å². The minimum Gasteiger partial charge on any atom is -0.369 e. The molecule has 0 N–H and O–H groups in total. The molecule has 2 aromatic rings. The normalized spacial score (nSPS) is 10.1. The van der Waals surface area contributed by atoms with E-state index in [9.17, 15) is 4.79 Å². The highest BCUT2D eigenvalue weighted by Crippen LogP contribution is 2.14. The zero-order chi connectivity index (χ0) is 13.0. The first kappa shape index (κ1) is 12.3. The number of hydrogen-bond donors (Lipinski definition) is 0. The summed E-state index contributed by atoms with van der Waals surface area (Å²) in [5, 5.41) is 0. The van der Waals surface area contributed by atoms with Crippen molar-refractivity contribution in [1.29, 1.82) is 0 Å². The van der Waals surface area contributed by atoms with Gasteiger partial charge in [0.25, 0.3) is 0 Å². The van der Waals surface area contributed by atoms with Crippen LogP contribution in [0.5, 0.6) is 0 Å². The second-order valence-corrected chi connectivity index (χ2v) is 4.30. The molecule has 0 amide bonds. The topological polar surface area (TPSA) is 33.2 Å². The van der Waals surface area contributed by atoms with Crippen molar-refractivity contribution in [3.8, 4) is 0 Å². The van der Waals surface area contributed by atoms with Crippen LogP contribution in [0.2, 0.25) is 0 Å². The fourth-order valence-electron chi connectivity index (χ4n) is 1.77. The summed E-state index contributed by atoms with van der Waals surface area (Å²) >= 11 is 0. The van der Waals surface area contributed by atoms with Gasteiger partial charge in [-0.3, -0.25) is 9.78 Å². The van der Waals surface area contributed by atoms with Crippen LogP contribution in [0.3, 0.4) is 0 Å². The molecule has 92 valence electrons. The third kappa shape index (κ3) is 2.94. The summed E-state index contributed by atoms with van der Waals surface area (Å²) in [6.45, 7) is 2.34. The van der Waals surface area contributed by atoms with Gasteiger partial charge in [-0.15, -0.1) is 0 Å². The van der Waals surface area contributed by atoms with Gasteiger partial charge in [-0.05, 0) is 17.7 Å². The largest absolute Gasteiger partial charge is 0.369 e. The van der Waals surface area contributed by atoms with E-state index in [-0.39, 0.29) is 5.78 Å². The summed E-state index contributed by atoms with van der Waals surface area (Å²) < 4.78 is 0. The standard InChI is InChI=1S/C15H16N2O/c1-12(18)15-9-8-14(10-16-15)17(2)11-13-6-4-3-5-7-13/h3-10H,11H2,1-2H3. The summed E-state index contributed by atoms with van der Waals surface area (Å²) in [5.41, 5.74) is 2.76. The van der Waals surface area contributed by atoms with Crippen molar-refractivity contribution < 1.29 is 4.79 Å². The third-order valence-electron chi connectivity index (χ3n) is 2.81. The lowest BCUT2D eigenvalue weighted by Crippen LogP contribution is -2.16. The maximum absolute atomic E-state index is 11.1. The van der Waals surface area contributed by atoms with Crippen LogP contribution in [0, 0.1) is 0 Å². The fraction of sp³-hybridized carbons (Fsp3) is 0.200. The zero-order valence-electron chi connectivity index (χ0n) is 10.6. The average molecular weight is 240 g/mol. The van der Waals surface area contributed by atoms with Crippen LogP contribution in [0.1, 0.15) is 23.0 Å². The molecule has 2 rings (SSSR count). The molecule has 0 spiro atoms. The Kier molecular flexibility index (Phi) is 3.72. The Bertz CT molecular complexity index is 520. The van der Waals surface area contributed by atoms with Gasteiger partial charge in [0.1, 0.15) is 5.69 Å². The number of hydrogen-bond acceptors (Lipinski definition) is 3. The van der Waals surface area contributed by atoms with Gasteiger partial charge < -0.3 is 4.90 Å². The first-order valence-corrected chi connectivity index (χ1v) is 5.89. The molecule has 0 aliphatic rings. The predicted octanol–water partition coefficient (Wildman–Crippen LogP) is 2.92. The average Bonchev–Trinajstić information content (AvgIpc) is 2.40. The molecule has 0 saturated carbocycles. The molecule has 0 bridgehead atoms. The molecule has 0 fully saturated rings. The molecule has 1 aromatic carbocycles. The number of carbonyl (C=O) groups is 1. The summed E-state index contributed by atoms with van der Waals surface area (Å²) in [6, 6.07) is 13.9. The van der Waals surface area contributed by atoms with Crippen LogP contribution < -0.4 is 4.90 Å². The van der Waals surface area contributed by atoms with E-state index < -0.39 is 0 Å². The highest BCUT2D eigenvalue weighted by Gasteiger charge is 2.04. The third-order valence-corrected chi connectivity index (χ3v) is 2.81. The van der Waals surface area contributed by atoms with Gasteiger partial charge in [0.15, 0.2) is 5.78 Å². The fourth-order valence-corrected chi connectivity index (χ4v) is 1.77. The van der Waals surface area contributed by atoms with Crippen LogP contribution in [-0.4, -0.2) is 17.8 Å². The second-order valence-electron chi connectivity index (χ2n) is 4.30. The monoisotopic (exact) mass is 240 g/mol. The van der Waals surface area contributed by atoms with Crippen LogP contribution in [-0.2, 0) is 6.54 Å². The number of nitrogens with zero attached hydrogens (tertiary/aromatic N) is 2. The minimum absolute atomic E-state index is 0.00716. The number of anilines is 1. The molecule has 0 atom stereocenters. The lowest BCUT2D eigenvalue weighted by atomic mass is 10.2. The van der Waals surface area contributed by atoms with Crippen LogP contribution in [0.25, 0.3) is 0 Å². The van der Waals surface area contributed by atoms with Crippen molar-refractivity contribution in [2.75, 3.05) is 11.9 Å². The lowest BCUT2D eigenvalue weighted by Gasteiger charge is -2.19. The Morgan fingerprint density at radius 2 is 1.89 bits per heavy atom. The Balaban J connectivity index is 2.09. The highest BCUT2D eigenvalue weighted by molar-refractivity contribution is 5.92. The van der Waals surface area contributed by atoms with Crippen LogP contribution >= 0.6 is 0 Å². The SMILES string of the molecule is CC(=O)c1ccc(N(C)Cc2ccccc2)cn1. The van der Waals surface area contributed by atoms with Crippen molar-refractivity contribution in [1.82, 2.24) is 4.98 Å². The van der Waals surface area contributed by atoms with Gasteiger partial charge in [0.2, 0.25) is 0 Å². The molecule has 3 heteroatoms. The molecule has 0 aliphatic carbocycles. The first-order chi connectivity index (χ1) is 8.66. The number of rotatable bonds is 4. The Morgan fingerprint density at radius 3 is 2.44 bits per heavy atom. The van der Waals surface area contributed by atoms with Crippen molar-refractivity contribution in [2.45, 2.75) is 13.5 Å². The number of Topliss-reactive ketones (excluding diaryl/α,β-unsaturated/α-hetero) is 1. The second kappa shape index (κ2) is 5.45. The van der Waals surface area contributed by atoms with Gasteiger partial charge in [-0.25, -0.2) is 0 Å². The molecule has 1 heterocycles. The van der Waals surface area contributed by atoms with E-state index in [0.717, 1.165) is 12.2 Å². The van der Waals surface area contributed by atoms with E-state index in [4.69, 9.17) is 0 Å². The maximum atomic E-state index is 11.1. The van der Waals surface area contributed by atoms with Crippen LogP contribution in [0.15, 0.2) is 48.7 Å². The summed E-state index contributed by atoms with van der Waals surface area (Å²) in [5.74, 6) is -0.00716. The smallest absolute Gasteiger partial charge is 0.178 e. The minimum atomic E-state index is -0.00716. The molecule has 1 aromatic heterocycles. The predicted molar refractivity (Wildman–Crippen MR) is 72.8 cm³/mol. The number of benzene rings is 1. The number of aromatic nitrogens is 1. The van der Waals surface area contributed by atoms with Gasteiger partial charge in [-0.2, -0.15) is 0 Å². The van der Waals surface area contributed by atoms with Gasteiger partial charge in [-0.1, -0.05) is 30.3 Å². The van der Waals surface area contributed by atoms with E-state index in [1.165, 1.54) is 12.5 Å². The van der Waals surface area contributed by atoms with Gasteiger partial charge in [0.05, 0.1) is 11.9 Å². The number of carbonyl (C=O) groups excluding carboxylic acids is 1. The molecule has 0 unspecified atom stereocenters. The van der Waals surface area contributed by atoms with E-state index in [2.05, 4.69) is 22.0 Å². The van der Waals surface area contributed by atoms with Crippen molar-refractivity contribution in [3.63, 3.8) is 0 Å². The molecule has 0 saturated heterocycles. The number of pyridine rings is 1. The summed E-state index contributed by atoms with van der Waals surface area (Å²) in [6.07, 6.45) is 1.74. The van der Waals surface area contributed by atoms with Crippen molar-refractivity contribution >= 4 is 11.5 Å². The van der Waals surface area contributed by atoms with Gasteiger partial charge >= 0.3 is 0 Å². The summed E-state index contributed by atoms with van der Waals surface area (Å²) in [4.78, 5) is 17.4. The van der Waals surface area contributed by atoms with Crippen molar-refractivity contribution in [2.24, 2.45) is 0 Å². The van der Waals surface area contributed by atoms with Gasteiger partial charge in [0, 0.05) is 20.5 Å². The van der Waals surface area contributed by atoms with Crippen molar-refractivity contribution in [3.05, 3.63) is 59.9 Å². The van der Waals surface area contributed by atoms with Crippen LogP contribution in [0.4, 0.5) is 5.69 Å². The highest BCUT2D eigenvalue weighted by atomic mass is 16.1. The quantitative estimate of drug-likeness (QED) is 0.770. The molecule has 3 nitrogen and oxygen atoms in total. The zero-order valence-corrected chi connectivity index (χ0v) is 10.6. The molecule has 0 radical (unpaired) electrons.